The van der Waals surface area contributed by atoms with Gasteiger partial charge in [0.2, 0.25) is 5.95 Å². The Balaban J connectivity index is 1.51. The summed E-state index contributed by atoms with van der Waals surface area (Å²) in [5.41, 5.74) is 0. The molecule has 1 saturated carbocycles. The fourth-order valence-electron chi connectivity index (χ4n) is 5.19. The Labute approximate surface area is 192 Å². The number of anilines is 3. The summed E-state index contributed by atoms with van der Waals surface area (Å²) in [5.74, 6) is 3.88. The Morgan fingerprint density at radius 2 is 1.58 bits per heavy atom. The first-order chi connectivity index (χ1) is 15.1. The van der Waals surface area contributed by atoms with Crippen molar-refractivity contribution in [3.63, 3.8) is 0 Å². The van der Waals surface area contributed by atoms with Crippen LogP contribution in [0.4, 0.5) is 17.6 Å². The standard InChI is InChI=1S/C23H38N6OS/c1-17-13-18(2)16-29(15-17)21-14-20(28-9-11-30-12-10-28)25-22(26-21)27-23(31)24-19-7-5-3-4-6-8-19/h14,17-19H,3-13,15-16H2,1-2H3,(H2,24,25,26,27,31). The van der Waals surface area contributed by atoms with E-state index in [-0.39, 0.29) is 0 Å². The molecule has 3 fully saturated rings. The van der Waals surface area contributed by atoms with Crippen molar-refractivity contribution in [2.45, 2.75) is 64.8 Å². The molecule has 0 radical (unpaired) electrons. The molecule has 1 aromatic heterocycles. The van der Waals surface area contributed by atoms with Crippen LogP contribution < -0.4 is 20.4 Å². The number of rotatable bonds is 4. The summed E-state index contributed by atoms with van der Waals surface area (Å²) in [6, 6.07) is 2.59. The molecule has 0 spiro atoms. The average molecular weight is 447 g/mol. The molecule has 2 aliphatic heterocycles. The van der Waals surface area contributed by atoms with Gasteiger partial charge in [-0.05, 0) is 43.3 Å². The molecular weight excluding hydrogens is 408 g/mol. The second kappa shape index (κ2) is 10.8. The maximum Gasteiger partial charge on any atom is 0.232 e. The number of nitrogens with one attached hydrogen (secondary N) is 2. The summed E-state index contributed by atoms with van der Waals surface area (Å²) >= 11 is 5.65. The molecular formula is C23H38N6OS. The Morgan fingerprint density at radius 3 is 2.23 bits per heavy atom. The van der Waals surface area contributed by atoms with Crippen LogP contribution in [0.15, 0.2) is 6.07 Å². The van der Waals surface area contributed by atoms with Crippen LogP contribution in [0.1, 0.15) is 58.8 Å². The maximum absolute atomic E-state index is 5.65. The predicted octanol–water partition coefficient (Wildman–Crippen LogP) is 3.80. The van der Waals surface area contributed by atoms with Gasteiger partial charge in [0.15, 0.2) is 5.11 Å². The molecule has 31 heavy (non-hydrogen) atoms. The van der Waals surface area contributed by atoms with Crippen LogP contribution in [-0.2, 0) is 4.74 Å². The molecule has 2 unspecified atom stereocenters. The Morgan fingerprint density at radius 1 is 0.968 bits per heavy atom. The summed E-state index contributed by atoms with van der Waals surface area (Å²) in [5, 5.41) is 7.45. The quantitative estimate of drug-likeness (QED) is 0.535. The summed E-state index contributed by atoms with van der Waals surface area (Å²) < 4.78 is 5.54. The van der Waals surface area contributed by atoms with Gasteiger partial charge in [0.25, 0.3) is 0 Å². The molecule has 4 rings (SSSR count). The van der Waals surface area contributed by atoms with E-state index in [1.54, 1.807) is 0 Å². The number of piperidine rings is 1. The van der Waals surface area contributed by atoms with E-state index in [4.69, 9.17) is 26.9 Å². The smallest absolute Gasteiger partial charge is 0.232 e. The summed E-state index contributed by atoms with van der Waals surface area (Å²) in [7, 11) is 0. The third-order valence-electron chi connectivity index (χ3n) is 6.64. The third kappa shape index (κ3) is 6.42. The molecule has 7 nitrogen and oxygen atoms in total. The second-order valence-corrected chi connectivity index (χ2v) is 10.1. The zero-order valence-corrected chi connectivity index (χ0v) is 19.9. The number of morpholine rings is 1. The van der Waals surface area contributed by atoms with E-state index < -0.39 is 0 Å². The van der Waals surface area contributed by atoms with Crippen LogP contribution in [0, 0.1) is 11.8 Å². The lowest BCUT2D eigenvalue weighted by Gasteiger charge is -2.36. The molecule has 0 amide bonds. The molecule has 8 heteroatoms. The van der Waals surface area contributed by atoms with E-state index >= 15 is 0 Å². The van der Waals surface area contributed by atoms with E-state index in [0.717, 1.165) is 51.0 Å². The van der Waals surface area contributed by atoms with Crippen molar-refractivity contribution in [2.75, 3.05) is 54.5 Å². The van der Waals surface area contributed by atoms with Gasteiger partial charge in [-0.2, -0.15) is 9.97 Å². The van der Waals surface area contributed by atoms with Gasteiger partial charge >= 0.3 is 0 Å². The van der Waals surface area contributed by atoms with Gasteiger partial charge in [0.1, 0.15) is 11.6 Å². The topological polar surface area (TPSA) is 65.6 Å². The molecule has 3 heterocycles. The van der Waals surface area contributed by atoms with Gasteiger partial charge in [-0.1, -0.05) is 39.5 Å². The Kier molecular flexibility index (Phi) is 7.82. The van der Waals surface area contributed by atoms with Crippen molar-refractivity contribution >= 4 is 34.9 Å². The zero-order chi connectivity index (χ0) is 21.6. The number of thiocarbonyl (C=S) groups is 1. The molecule has 0 aromatic carbocycles. The average Bonchev–Trinajstić information content (AvgIpc) is 3.02. The van der Waals surface area contributed by atoms with Crippen molar-refractivity contribution in [1.29, 1.82) is 0 Å². The molecule has 1 aromatic rings. The van der Waals surface area contributed by atoms with E-state index in [1.165, 1.54) is 44.9 Å². The van der Waals surface area contributed by atoms with E-state index in [0.29, 0.717) is 28.9 Å². The van der Waals surface area contributed by atoms with Crippen LogP contribution in [0.5, 0.6) is 0 Å². The SMILES string of the molecule is CC1CC(C)CN(c2cc(N3CCOCC3)nc(NC(=S)NC3CCCCCC3)n2)C1. The van der Waals surface area contributed by atoms with Crippen LogP contribution in [0.3, 0.4) is 0 Å². The largest absolute Gasteiger partial charge is 0.378 e. The van der Waals surface area contributed by atoms with Crippen LogP contribution in [0.25, 0.3) is 0 Å². The Bertz CT molecular complexity index is 723. The van der Waals surface area contributed by atoms with Crippen molar-refractivity contribution in [1.82, 2.24) is 15.3 Å². The first-order valence-corrected chi connectivity index (χ1v) is 12.5. The maximum atomic E-state index is 5.65. The minimum atomic E-state index is 0.452. The highest BCUT2D eigenvalue weighted by Crippen LogP contribution is 2.28. The highest BCUT2D eigenvalue weighted by atomic mass is 32.1. The lowest BCUT2D eigenvalue weighted by Crippen LogP contribution is -2.41. The first-order valence-electron chi connectivity index (χ1n) is 12.1. The van der Waals surface area contributed by atoms with Gasteiger partial charge in [-0.25, -0.2) is 0 Å². The first kappa shape index (κ1) is 22.5. The highest BCUT2D eigenvalue weighted by molar-refractivity contribution is 7.80. The number of aromatic nitrogens is 2. The van der Waals surface area contributed by atoms with Gasteiger partial charge in [0.05, 0.1) is 13.2 Å². The summed E-state index contributed by atoms with van der Waals surface area (Å²) in [6.07, 6.45) is 8.87. The lowest BCUT2D eigenvalue weighted by molar-refractivity contribution is 0.122. The number of nitrogens with zero attached hydrogens (tertiary/aromatic N) is 4. The van der Waals surface area contributed by atoms with Gasteiger partial charge in [-0.3, -0.25) is 0 Å². The second-order valence-electron chi connectivity index (χ2n) is 9.65. The van der Waals surface area contributed by atoms with E-state index in [9.17, 15) is 0 Å². The molecule has 2 N–H and O–H groups in total. The highest BCUT2D eigenvalue weighted by Gasteiger charge is 2.25. The van der Waals surface area contributed by atoms with Crippen LogP contribution in [-0.4, -0.2) is 60.5 Å². The van der Waals surface area contributed by atoms with Gasteiger partial charge in [-0.15, -0.1) is 0 Å². The van der Waals surface area contributed by atoms with Gasteiger partial charge < -0.3 is 25.2 Å². The van der Waals surface area contributed by atoms with Crippen LogP contribution in [0.2, 0.25) is 0 Å². The summed E-state index contributed by atoms with van der Waals surface area (Å²) in [4.78, 5) is 14.4. The molecule has 172 valence electrons. The summed E-state index contributed by atoms with van der Waals surface area (Å²) in [6.45, 7) is 9.92. The minimum Gasteiger partial charge on any atom is -0.378 e. The number of hydrogen-bond donors (Lipinski definition) is 2. The molecule has 1 aliphatic carbocycles. The number of ether oxygens (including phenoxy) is 1. The minimum absolute atomic E-state index is 0.452. The molecule has 2 atom stereocenters. The van der Waals surface area contributed by atoms with Crippen molar-refractivity contribution in [3.05, 3.63) is 6.07 Å². The van der Waals surface area contributed by atoms with Gasteiger partial charge in [0, 0.05) is 38.3 Å². The fraction of sp³-hybridized carbons (Fsp3) is 0.783. The normalized spacial score (nSPS) is 25.7. The predicted molar refractivity (Wildman–Crippen MR) is 131 cm³/mol. The molecule has 2 saturated heterocycles. The number of hydrogen-bond acceptors (Lipinski definition) is 6. The molecule has 0 bridgehead atoms. The van der Waals surface area contributed by atoms with Crippen molar-refractivity contribution in [3.8, 4) is 0 Å². The zero-order valence-electron chi connectivity index (χ0n) is 19.1. The van der Waals surface area contributed by atoms with Crippen molar-refractivity contribution in [2.24, 2.45) is 11.8 Å². The van der Waals surface area contributed by atoms with E-state index in [2.05, 4.69) is 40.3 Å². The van der Waals surface area contributed by atoms with Crippen molar-refractivity contribution < 1.29 is 4.74 Å². The third-order valence-corrected chi connectivity index (χ3v) is 6.86. The van der Waals surface area contributed by atoms with E-state index in [1.807, 2.05) is 0 Å². The Hall–Kier alpha value is -1.67. The monoisotopic (exact) mass is 446 g/mol. The van der Waals surface area contributed by atoms with Crippen LogP contribution >= 0.6 is 12.2 Å². The lowest BCUT2D eigenvalue weighted by atomic mass is 9.92. The molecule has 3 aliphatic rings. The fourth-order valence-corrected chi connectivity index (χ4v) is 5.45.